The van der Waals surface area contributed by atoms with Gasteiger partial charge in [0.05, 0.1) is 6.10 Å². The lowest BCUT2D eigenvalue weighted by atomic mass is 10.1. The minimum Gasteiger partial charge on any atom is -0.398 e. The van der Waals surface area contributed by atoms with E-state index in [0.717, 1.165) is 17.7 Å². The Hall–Kier alpha value is -0.740. The van der Waals surface area contributed by atoms with Crippen molar-refractivity contribution in [2.45, 2.75) is 38.0 Å². The Balaban J connectivity index is 2.40. The van der Waals surface area contributed by atoms with Gasteiger partial charge in [0.25, 0.3) is 0 Å². The van der Waals surface area contributed by atoms with Crippen LogP contribution in [0.15, 0.2) is 18.5 Å². The maximum absolute atomic E-state index is 9.87. The number of hydrogen-bond donors (Lipinski definition) is 2. The number of aliphatic hydroxyl groups is 1. The predicted molar refractivity (Wildman–Crippen MR) is 70.6 cm³/mol. The molecule has 2 atom stereocenters. The van der Waals surface area contributed by atoms with Crippen LogP contribution in [-0.2, 0) is 6.42 Å². The Kier molecular flexibility index (Phi) is 5.63. The van der Waals surface area contributed by atoms with Gasteiger partial charge in [-0.05, 0) is 18.1 Å². The van der Waals surface area contributed by atoms with Crippen LogP contribution in [0.2, 0.25) is 0 Å². The van der Waals surface area contributed by atoms with E-state index in [1.54, 1.807) is 30.2 Å². The maximum Gasteiger partial charge on any atom is 0.0672 e. The molecule has 3 nitrogen and oxygen atoms in total. The van der Waals surface area contributed by atoms with Crippen LogP contribution in [0.1, 0.15) is 25.8 Å². The fourth-order valence-corrected chi connectivity index (χ4v) is 2.22. The minimum absolute atomic E-state index is 0.342. The van der Waals surface area contributed by atoms with Crippen molar-refractivity contribution in [2.75, 3.05) is 11.5 Å². The van der Waals surface area contributed by atoms with Crippen molar-refractivity contribution in [3.63, 3.8) is 0 Å². The van der Waals surface area contributed by atoms with Gasteiger partial charge in [0.2, 0.25) is 0 Å². The van der Waals surface area contributed by atoms with Gasteiger partial charge in [0.15, 0.2) is 0 Å². The second-order valence-electron chi connectivity index (χ2n) is 3.98. The van der Waals surface area contributed by atoms with Crippen LogP contribution in [0.25, 0.3) is 0 Å². The third-order valence-electron chi connectivity index (χ3n) is 2.54. The molecule has 0 saturated heterocycles. The molecule has 0 bridgehead atoms. The van der Waals surface area contributed by atoms with Crippen LogP contribution >= 0.6 is 11.8 Å². The summed E-state index contributed by atoms with van der Waals surface area (Å²) in [7, 11) is 0. The zero-order valence-electron chi connectivity index (χ0n) is 9.89. The third kappa shape index (κ3) is 4.41. The molecule has 1 aromatic heterocycles. The van der Waals surface area contributed by atoms with Gasteiger partial charge in [0.1, 0.15) is 0 Å². The Morgan fingerprint density at radius 3 is 2.94 bits per heavy atom. The molecular weight excluding hydrogens is 220 g/mol. The predicted octanol–water partition coefficient (Wildman–Crippen LogP) is 2.10. The first-order valence-corrected chi connectivity index (χ1v) is 6.66. The van der Waals surface area contributed by atoms with Crippen molar-refractivity contribution in [2.24, 2.45) is 0 Å². The first-order chi connectivity index (χ1) is 7.63. The maximum atomic E-state index is 9.87. The zero-order valence-corrected chi connectivity index (χ0v) is 10.7. The number of nitrogen functional groups attached to an aromatic ring is 1. The molecule has 0 aromatic carbocycles. The zero-order chi connectivity index (χ0) is 12.0. The lowest BCUT2D eigenvalue weighted by Crippen LogP contribution is -2.16. The standard InChI is InChI=1S/C12H20N2OS/c1-3-9(2)16-8-11(15)6-10-7-14-5-4-12(10)13/h4-5,7,9,11,15H,3,6,8H2,1-2H3,(H2,13,14). The van der Waals surface area contributed by atoms with E-state index in [1.807, 2.05) is 0 Å². The highest BCUT2D eigenvalue weighted by Gasteiger charge is 2.10. The second-order valence-corrected chi connectivity index (χ2v) is 5.46. The number of nitrogens with zero attached hydrogens (tertiary/aromatic N) is 1. The van der Waals surface area contributed by atoms with Gasteiger partial charge in [-0.2, -0.15) is 11.8 Å². The molecule has 0 aliphatic rings. The molecule has 3 N–H and O–H groups in total. The third-order valence-corrected chi connectivity index (χ3v) is 4.02. The van der Waals surface area contributed by atoms with Gasteiger partial charge in [0, 0.05) is 35.5 Å². The molecule has 0 aliphatic heterocycles. The van der Waals surface area contributed by atoms with Crippen LogP contribution < -0.4 is 5.73 Å². The molecule has 2 unspecified atom stereocenters. The smallest absolute Gasteiger partial charge is 0.0672 e. The van der Waals surface area contributed by atoms with E-state index < -0.39 is 0 Å². The van der Waals surface area contributed by atoms with E-state index in [-0.39, 0.29) is 6.10 Å². The second kappa shape index (κ2) is 6.76. The highest BCUT2D eigenvalue weighted by atomic mass is 32.2. The topological polar surface area (TPSA) is 59.1 Å². The van der Waals surface area contributed by atoms with Gasteiger partial charge >= 0.3 is 0 Å². The number of rotatable bonds is 6. The molecule has 16 heavy (non-hydrogen) atoms. The Morgan fingerprint density at radius 1 is 1.56 bits per heavy atom. The first-order valence-electron chi connectivity index (χ1n) is 5.61. The molecule has 0 spiro atoms. The summed E-state index contributed by atoms with van der Waals surface area (Å²) in [6.45, 7) is 4.33. The van der Waals surface area contributed by atoms with E-state index in [0.29, 0.717) is 17.4 Å². The molecule has 0 aliphatic carbocycles. The molecule has 0 amide bonds. The molecule has 0 fully saturated rings. The van der Waals surface area contributed by atoms with Gasteiger partial charge in [-0.25, -0.2) is 0 Å². The van der Waals surface area contributed by atoms with Gasteiger partial charge < -0.3 is 10.8 Å². The minimum atomic E-state index is -0.342. The van der Waals surface area contributed by atoms with Crippen LogP contribution in [0.4, 0.5) is 5.69 Å². The number of nitrogens with two attached hydrogens (primary N) is 1. The SMILES string of the molecule is CCC(C)SCC(O)Cc1cnccc1N. The van der Waals surface area contributed by atoms with E-state index in [4.69, 9.17) is 5.73 Å². The number of pyridine rings is 1. The molecule has 1 aromatic rings. The number of anilines is 1. The van der Waals surface area contributed by atoms with Crippen molar-refractivity contribution >= 4 is 17.4 Å². The lowest BCUT2D eigenvalue weighted by molar-refractivity contribution is 0.200. The summed E-state index contributed by atoms with van der Waals surface area (Å²) >= 11 is 1.80. The summed E-state index contributed by atoms with van der Waals surface area (Å²) in [4.78, 5) is 4.01. The number of aromatic nitrogens is 1. The summed E-state index contributed by atoms with van der Waals surface area (Å²) < 4.78 is 0. The molecule has 0 saturated carbocycles. The van der Waals surface area contributed by atoms with Crippen molar-refractivity contribution < 1.29 is 5.11 Å². The molecule has 1 rings (SSSR count). The van der Waals surface area contributed by atoms with Gasteiger partial charge in [-0.1, -0.05) is 13.8 Å². The van der Waals surface area contributed by atoms with Crippen molar-refractivity contribution in [1.82, 2.24) is 4.98 Å². The summed E-state index contributed by atoms with van der Waals surface area (Å²) in [5.41, 5.74) is 7.43. The highest BCUT2D eigenvalue weighted by Crippen LogP contribution is 2.18. The Bertz CT molecular complexity index is 320. The van der Waals surface area contributed by atoms with Crippen molar-refractivity contribution in [1.29, 1.82) is 0 Å². The Morgan fingerprint density at radius 2 is 2.31 bits per heavy atom. The quantitative estimate of drug-likeness (QED) is 0.799. The molecule has 90 valence electrons. The van der Waals surface area contributed by atoms with Gasteiger partial charge in [-0.15, -0.1) is 0 Å². The van der Waals surface area contributed by atoms with E-state index in [1.165, 1.54) is 0 Å². The van der Waals surface area contributed by atoms with Crippen LogP contribution in [0, 0.1) is 0 Å². The average molecular weight is 240 g/mol. The van der Waals surface area contributed by atoms with Crippen LogP contribution in [-0.4, -0.2) is 27.2 Å². The monoisotopic (exact) mass is 240 g/mol. The molecular formula is C12H20N2OS. The number of aliphatic hydroxyl groups excluding tert-OH is 1. The van der Waals surface area contributed by atoms with Gasteiger partial charge in [-0.3, -0.25) is 4.98 Å². The summed E-state index contributed by atoms with van der Waals surface area (Å²) in [5.74, 6) is 0.753. The first kappa shape index (κ1) is 13.3. The summed E-state index contributed by atoms with van der Waals surface area (Å²) in [5, 5.41) is 10.5. The van der Waals surface area contributed by atoms with Crippen molar-refractivity contribution in [3.05, 3.63) is 24.0 Å². The van der Waals surface area contributed by atoms with Crippen molar-refractivity contribution in [3.8, 4) is 0 Å². The highest BCUT2D eigenvalue weighted by molar-refractivity contribution is 7.99. The number of hydrogen-bond acceptors (Lipinski definition) is 4. The van der Waals surface area contributed by atoms with E-state index in [9.17, 15) is 5.11 Å². The van der Waals surface area contributed by atoms with E-state index >= 15 is 0 Å². The van der Waals surface area contributed by atoms with Crippen LogP contribution in [0.5, 0.6) is 0 Å². The fourth-order valence-electron chi connectivity index (χ4n) is 1.31. The van der Waals surface area contributed by atoms with Crippen LogP contribution in [0.3, 0.4) is 0 Å². The largest absolute Gasteiger partial charge is 0.398 e. The fraction of sp³-hybridized carbons (Fsp3) is 0.583. The lowest BCUT2D eigenvalue weighted by Gasteiger charge is -2.14. The normalized spacial score (nSPS) is 14.7. The summed E-state index contributed by atoms with van der Waals surface area (Å²) in [6.07, 6.45) is 4.77. The average Bonchev–Trinajstić information content (AvgIpc) is 2.29. The molecule has 1 heterocycles. The van der Waals surface area contributed by atoms with E-state index in [2.05, 4.69) is 18.8 Å². The number of thioether (sulfide) groups is 1. The molecule has 4 heteroatoms. The summed E-state index contributed by atoms with van der Waals surface area (Å²) in [6, 6.07) is 1.77. The molecule has 0 radical (unpaired) electrons. The Labute approximate surface area is 101 Å².